The Morgan fingerprint density at radius 1 is 1.35 bits per heavy atom. The molecule has 0 saturated heterocycles. The first kappa shape index (κ1) is 11.0. The predicted molar refractivity (Wildman–Crippen MR) is 79.5 cm³/mol. The van der Waals surface area contributed by atoms with Gasteiger partial charge >= 0.3 is 0 Å². The lowest BCUT2D eigenvalue weighted by Crippen LogP contribution is -1.91. The molecule has 86 valence electrons. The minimum atomic E-state index is 0.744. The number of pyridine rings is 1. The summed E-state index contributed by atoms with van der Waals surface area (Å²) in [5.41, 5.74) is 2.82. The Morgan fingerprint density at radius 2 is 2.24 bits per heavy atom. The second-order valence-corrected chi connectivity index (χ2v) is 6.35. The zero-order valence-electron chi connectivity index (χ0n) is 8.99. The number of nitrogens with zero attached hydrogens (tertiary/aromatic N) is 2. The highest BCUT2D eigenvalue weighted by molar-refractivity contribution is 14.1. The molecule has 0 amide bonds. The van der Waals surface area contributed by atoms with Crippen LogP contribution in [0.4, 0.5) is 5.82 Å². The third kappa shape index (κ3) is 2.02. The summed E-state index contributed by atoms with van der Waals surface area (Å²) in [7, 11) is 1.85. The summed E-state index contributed by atoms with van der Waals surface area (Å²) in [6.45, 7) is 0. The van der Waals surface area contributed by atoms with E-state index in [1.54, 1.807) is 11.3 Å². The fraction of sp³-hybridized carbons (Fsp3) is 0.0909. The summed E-state index contributed by atoms with van der Waals surface area (Å²) in [6, 6.07) is 6.03. The predicted octanol–water partition coefficient (Wildman–Crippen LogP) is 3.33. The van der Waals surface area contributed by atoms with Crippen LogP contribution in [0.15, 0.2) is 23.6 Å². The molecule has 6 heteroatoms. The molecule has 0 bridgehead atoms. The number of thiophene rings is 1. The van der Waals surface area contributed by atoms with Crippen molar-refractivity contribution in [2.75, 3.05) is 12.4 Å². The van der Waals surface area contributed by atoms with E-state index in [0.717, 1.165) is 28.4 Å². The fourth-order valence-electron chi connectivity index (χ4n) is 1.60. The summed E-state index contributed by atoms with van der Waals surface area (Å²) < 4.78 is 1.25. The highest BCUT2D eigenvalue weighted by Crippen LogP contribution is 2.26. The van der Waals surface area contributed by atoms with Gasteiger partial charge in [0, 0.05) is 18.0 Å². The maximum Gasteiger partial charge on any atom is 0.180 e. The Morgan fingerprint density at radius 3 is 2.94 bits per heavy atom. The number of imidazole rings is 1. The van der Waals surface area contributed by atoms with Gasteiger partial charge in [-0.2, -0.15) is 0 Å². The highest BCUT2D eigenvalue weighted by Gasteiger charge is 2.08. The minimum Gasteiger partial charge on any atom is -0.373 e. The van der Waals surface area contributed by atoms with Crippen molar-refractivity contribution in [3.63, 3.8) is 0 Å². The molecule has 0 aliphatic heterocycles. The lowest BCUT2D eigenvalue weighted by molar-refractivity contribution is 1.29. The summed E-state index contributed by atoms with van der Waals surface area (Å²) in [6.07, 6.45) is 0. The van der Waals surface area contributed by atoms with Gasteiger partial charge in [0.15, 0.2) is 5.65 Å². The van der Waals surface area contributed by atoms with Crippen LogP contribution < -0.4 is 5.32 Å². The van der Waals surface area contributed by atoms with Gasteiger partial charge in [-0.15, -0.1) is 11.3 Å². The van der Waals surface area contributed by atoms with Crippen molar-refractivity contribution in [3.8, 4) is 11.4 Å². The van der Waals surface area contributed by atoms with Gasteiger partial charge in [0.05, 0.1) is 8.40 Å². The molecule has 3 aromatic heterocycles. The number of aromatic amines is 1. The molecule has 3 aromatic rings. The summed E-state index contributed by atoms with van der Waals surface area (Å²) >= 11 is 4.02. The van der Waals surface area contributed by atoms with Crippen molar-refractivity contribution in [3.05, 3.63) is 26.5 Å². The second-order valence-electron chi connectivity index (χ2n) is 3.54. The van der Waals surface area contributed by atoms with Gasteiger partial charge in [0.2, 0.25) is 0 Å². The van der Waals surface area contributed by atoms with E-state index >= 15 is 0 Å². The molecule has 3 heterocycles. The van der Waals surface area contributed by atoms with Crippen LogP contribution in [0, 0.1) is 2.88 Å². The Bertz CT molecular complexity index is 673. The summed E-state index contributed by atoms with van der Waals surface area (Å²) in [4.78, 5) is 12.2. The number of hydrogen-bond acceptors (Lipinski definition) is 4. The first-order chi connectivity index (χ1) is 8.26. The summed E-state index contributed by atoms with van der Waals surface area (Å²) in [5, 5.41) is 5.10. The average Bonchev–Trinajstić information content (AvgIpc) is 2.93. The molecule has 0 atom stereocenters. The van der Waals surface area contributed by atoms with Crippen molar-refractivity contribution in [1.82, 2.24) is 15.0 Å². The number of hydrogen-bond donors (Lipinski definition) is 2. The monoisotopic (exact) mass is 356 g/mol. The molecule has 4 nitrogen and oxygen atoms in total. The lowest BCUT2D eigenvalue weighted by atomic mass is 10.3. The molecule has 0 aliphatic rings. The number of H-pyrrole nitrogens is 1. The zero-order valence-corrected chi connectivity index (χ0v) is 12.0. The summed E-state index contributed by atoms with van der Waals surface area (Å²) in [5.74, 6) is 1.70. The Balaban J connectivity index is 2.13. The first-order valence-electron chi connectivity index (χ1n) is 5.05. The Hall–Kier alpha value is -1.15. The van der Waals surface area contributed by atoms with Crippen LogP contribution in [0.5, 0.6) is 0 Å². The topological polar surface area (TPSA) is 53.6 Å². The first-order valence-corrected chi connectivity index (χ1v) is 7.01. The van der Waals surface area contributed by atoms with Gasteiger partial charge in [-0.3, -0.25) is 0 Å². The number of fused-ring (bicyclic) bond motifs is 1. The van der Waals surface area contributed by atoms with Crippen molar-refractivity contribution >= 4 is 50.9 Å². The van der Waals surface area contributed by atoms with Crippen LogP contribution in [0.2, 0.25) is 0 Å². The highest BCUT2D eigenvalue weighted by atomic mass is 127. The normalized spacial score (nSPS) is 10.9. The molecule has 0 unspecified atom stereocenters. The molecular weight excluding hydrogens is 347 g/mol. The van der Waals surface area contributed by atoms with Crippen LogP contribution in [-0.4, -0.2) is 22.0 Å². The molecule has 0 saturated carbocycles. The van der Waals surface area contributed by atoms with Crippen molar-refractivity contribution < 1.29 is 0 Å². The number of anilines is 1. The van der Waals surface area contributed by atoms with Crippen LogP contribution >= 0.6 is 33.9 Å². The van der Waals surface area contributed by atoms with Crippen molar-refractivity contribution in [2.45, 2.75) is 0 Å². The third-order valence-corrected chi connectivity index (χ3v) is 4.23. The Kier molecular flexibility index (Phi) is 2.75. The molecule has 0 radical (unpaired) electrons. The van der Waals surface area contributed by atoms with Gasteiger partial charge in [0.25, 0.3) is 0 Å². The largest absolute Gasteiger partial charge is 0.373 e. The molecule has 3 rings (SSSR count). The SMILES string of the molecule is CNc1ccc2[nH]c(-c3csc(I)c3)nc2n1. The lowest BCUT2D eigenvalue weighted by Gasteiger charge is -1.95. The van der Waals surface area contributed by atoms with E-state index in [9.17, 15) is 0 Å². The quantitative estimate of drug-likeness (QED) is 0.693. The van der Waals surface area contributed by atoms with Gasteiger partial charge < -0.3 is 10.3 Å². The van der Waals surface area contributed by atoms with E-state index in [4.69, 9.17) is 0 Å². The molecule has 2 N–H and O–H groups in total. The third-order valence-electron chi connectivity index (χ3n) is 2.44. The molecule has 0 fully saturated rings. The van der Waals surface area contributed by atoms with E-state index in [1.807, 2.05) is 19.2 Å². The molecule has 0 aliphatic carbocycles. The standard InChI is InChI=1S/C11H9IN4S/c1-13-9-3-2-7-11(15-9)16-10(14-7)6-4-8(12)17-5-6/h2-5H,1H3,(H2,13,14,15,16). The van der Waals surface area contributed by atoms with Crippen LogP contribution in [0.1, 0.15) is 0 Å². The minimum absolute atomic E-state index is 0.744. The molecule has 0 spiro atoms. The maximum absolute atomic E-state index is 4.50. The number of halogens is 1. The van der Waals surface area contributed by atoms with Gasteiger partial charge in [0.1, 0.15) is 11.6 Å². The van der Waals surface area contributed by atoms with Gasteiger partial charge in [-0.25, -0.2) is 9.97 Å². The van der Waals surface area contributed by atoms with Crippen LogP contribution in [0.25, 0.3) is 22.6 Å². The zero-order chi connectivity index (χ0) is 11.8. The Labute approximate surface area is 116 Å². The second kappa shape index (κ2) is 4.26. The van der Waals surface area contributed by atoms with E-state index in [0.29, 0.717) is 0 Å². The molecule has 0 aromatic carbocycles. The van der Waals surface area contributed by atoms with Crippen molar-refractivity contribution in [1.29, 1.82) is 0 Å². The fourth-order valence-corrected chi connectivity index (χ4v) is 2.93. The number of rotatable bonds is 2. The van der Waals surface area contributed by atoms with Crippen LogP contribution in [-0.2, 0) is 0 Å². The van der Waals surface area contributed by atoms with E-state index in [-0.39, 0.29) is 0 Å². The van der Waals surface area contributed by atoms with Crippen LogP contribution in [0.3, 0.4) is 0 Å². The van der Waals surface area contributed by atoms with E-state index in [2.05, 4.69) is 54.3 Å². The van der Waals surface area contributed by atoms with E-state index < -0.39 is 0 Å². The molecule has 17 heavy (non-hydrogen) atoms. The average molecular weight is 356 g/mol. The molecular formula is C11H9IN4S. The van der Waals surface area contributed by atoms with Gasteiger partial charge in [-0.05, 0) is 40.8 Å². The van der Waals surface area contributed by atoms with Crippen molar-refractivity contribution in [2.24, 2.45) is 0 Å². The smallest absolute Gasteiger partial charge is 0.180 e. The van der Waals surface area contributed by atoms with Gasteiger partial charge in [-0.1, -0.05) is 0 Å². The van der Waals surface area contributed by atoms with E-state index in [1.165, 1.54) is 2.88 Å². The maximum atomic E-state index is 4.50. The number of aromatic nitrogens is 3. The number of nitrogens with one attached hydrogen (secondary N) is 2.